The van der Waals surface area contributed by atoms with Gasteiger partial charge in [0.05, 0.1) is 20.3 Å². The Hall–Kier alpha value is -2.09. The summed E-state index contributed by atoms with van der Waals surface area (Å²) >= 11 is 1.83. The maximum atomic E-state index is 12.6. The summed E-state index contributed by atoms with van der Waals surface area (Å²) in [6.45, 7) is 7.64. The third kappa shape index (κ3) is 6.20. The molecule has 7 heteroatoms. The minimum absolute atomic E-state index is 0.0995. The number of hydrogen-bond acceptors (Lipinski definition) is 6. The average molecular weight is 432 g/mol. The zero-order chi connectivity index (χ0) is 21.3. The van der Waals surface area contributed by atoms with Crippen LogP contribution in [0.15, 0.2) is 35.7 Å². The number of piperazine rings is 1. The molecule has 0 radical (unpaired) electrons. The van der Waals surface area contributed by atoms with Crippen molar-refractivity contribution in [3.63, 3.8) is 0 Å². The van der Waals surface area contributed by atoms with Gasteiger partial charge in [0.15, 0.2) is 11.5 Å². The molecule has 1 atom stereocenters. The molecule has 0 saturated carbocycles. The summed E-state index contributed by atoms with van der Waals surface area (Å²) in [4.78, 5) is 18.8. The van der Waals surface area contributed by atoms with Crippen molar-refractivity contribution in [1.82, 2.24) is 15.1 Å². The zero-order valence-corrected chi connectivity index (χ0v) is 19.0. The molecule has 1 unspecified atom stereocenters. The molecule has 1 aliphatic rings. The Balaban J connectivity index is 1.37. The molecule has 1 fully saturated rings. The lowest BCUT2D eigenvalue weighted by molar-refractivity contribution is -0.126. The maximum Gasteiger partial charge on any atom is 0.237 e. The van der Waals surface area contributed by atoms with E-state index in [-0.39, 0.29) is 11.9 Å². The number of carbonyl (C=O) groups excluding carboxylic acids is 1. The van der Waals surface area contributed by atoms with Crippen LogP contribution in [0.1, 0.15) is 17.4 Å². The van der Waals surface area contributed by atoms with Gasteiger partial charge in [0.2, 0.25) is 5.91 Å². The van der Waals surface area contributed by atoms with Crippen molar-refractivity contribution >= 4 is 17.2 Å². The molecule has 1 N–H and O–H groups in total. The van der Waals surface area contributed by atoms with Crippen LogP contribution in [0.25, 0.3) is 0 Å². The monoisotopic (exact) mass is 431 g/mol. The fourth-order valence-corrected chi connectivity index (χ4v) is 4.48. The third-order valence-corrected chi connectivity index (χ3v) is 6.69. The zero-order valence-electron chi connectivity index (χ0n) is 18.2. The Morgan fingerprint density at radius 2 is 1.87 bits per heavy atom. The second kappa shape index (κ2) is 11.3. The van der Waals surface area contributed by atoms with Crippen LogP contribution >= 0.6 is 11.3 Å². The lowest BCUT2D eigenvalue weighted by Gasteiger charge is -2.37. The first-order valence-electron chi connectivity index (χ1n) is 10.6. The first kappa shape index (κ1) is 22.6. The molecule has 0 spiro atoms. The summed E-state index contributed by atoms with van der Waals surface area (Å²) in [5.74, 6) is 1.53. The molecule has 1 aromatic carbocycles. The molecule has 164 valence electrons. The molecule has 1 aliphatic heterocycles. The van der Waals surface area contributed by atoms with Crippen molar-refractivity contribution in [3.05, 3.63) is 46.2 Å². The molecule has 3 rings (SSSR count). The lowest BCUT2D eigenvalue weighted by atomic mass is 10.1. The molecule has 0 bridgehead atoms. The van der Waals surface area contributed by atoms with Gasteiger partial charge in [-0.2, -0.15) is 0 Å². The molecular weight excluding hydrogens is 398 g/mol. The Kier molecular flexibility index (Phi) is 8.54. The van der Waals surface area contributed by atoms with Gasteiger partial charge < -0.3 is 19.7 Å². The number of nitrogens with one attached hydrogen (secondary N) is 1. The number of carbonyl (C=O) groups is 1. The molecule has 1 saturated heterocycles. The minimum atomic E-state index is -0.102. The van der Waals surface area contributed by atoms with Crippen LogP contribution < -0.4 is 14.8 Å². The number of hydrogen-bond donors (Lipinski definition) is 1. The fourth-order valence-electron chi connectivity index (χ4n) is 3.78. The summed E-state index contributed by atoms with van der Waals surface area (Å²) < 4.78 is 10.6. The second-order valence-electron chi connectivity index (χ2n) is 7.61. The molecule has 2 heterocycles. The summed E-state index contributed by atoms with van der Waals surface area (Å²) in [5, 5.41) is 5.22. The van der Waals surface area contributed by atoms with Crippen LogP contribution in [0.5, 0.6) is 11.5 Å². The number of benzene rings is 1. The van der Waals surface area contributed by atoms with Crippen LogP contribution in [-0.2, 0) is 17.6 Å². The Morgan fingerprint density at radius 3 is 2.53 bits per heavy atom. The van der Waals surface area contributed by atoms with E-state index >= 15 is 0 Å². The van der Waals surface area contributed by atoms with Gasteiger partial charge in [-0.05, 0) is 48.9 Å². The number of nitrogens with zero attached hydrogens (tertiary/aromatic N) is 2. The molecular formula is C23H33N3O3S. The quantitative estimate of drug-likeness (QED) is 0.627. The van der Waals surface area contributed by atoms with Gasteiger partial charge in [-0.1, -0.05) is 12.1 Å². The van der Waals surface area contributed by atoms with E-state index in [0.29, 0.717) is 18.0 Å². The van der Waals surface area contributed by atoms with E-state index in [4.69, 9.17) is 9.47 Å². The van der Waals surface area contributed by atoms with Crippen LogP contribution in [0, 0.1) is 0 Å². The van der Waals surface area contributed by atoms with Gasteiger partial charge in [-0.25, -0.2) is 0 Å². The fraction of sp³-hybridized carbons (Fsp3) is 0.522. The van der Waals surface area contributed by atoms with Gasteiger partial charge in [0, 0.05) is 44.1 Å². The highest BCUT2D eigenvalue weighted by Gasteiger charge is 2.25. The summed E-state index contributed by atoms with van der Waals surface area (Å²) in [7, 11) is 3.26. The highest BCUT2D eigenvalue weighted by Crippen LogP contribution is 2.27. The van der Waals surface area contributed by atoms with Crippen molar-refractivity contribution in [3.8, 4) is 11.5 Å². The summed E-state index contributed by atoms with van der Waals surface area (Å²) in [6, 6.07) is 10.1. The normalized spacial score (nSPS) is 16.2. The molecule has 1 amide bonds. The van der Waals surface area contributed by atoms with Crippen LogP contribution in [0.3, 0.4) is 0 Å². The molecule has 30 heavy (non-hydrogen) atoms. The SMILES string of the molecule is COc1ccc(CCNC(=O)C(C)N2CCN(CCc3cccs3)CC2)cc1OC. The smallest absolute Gasteiger partial charge is 0.237 e. The number of amides is 1. The van der Waals surface area contributed by atoms with E-state index in [9.17, 15) is 4.79 Å². The van der Waals surface area contributed by atoms with E-state index in [1.165, 1.54) is 4.88 Å². The molecule has 1 aromatic heterocycles. The molecule has 2 aromatic rings. The number of ether oxygens (including phenoxy) is 2. The summed E-state index contributed by atoms with van der Waals surface area (Å²) in [6.07, 6.45) is 1.87. The van der Waals surface area contributed by atoms with Gasteiger partial charge >= 0.3 is 0 Å². The van der Waals surface area contributed by atoms with Crippen LogP contribution in [0.2, 0.25) is 0 Å². The van der Waals surface area contributed by atoms with E-state index in [2.05, 4.69) is 32.6 Å². The Labute approximate surface area is 183 Å². The van der Waals surface area contributed by atoms with Crippen LogP contribution in [0.4, 0.5) is 0 Å². The van der Waals surface area contributed by atoms with Crippen LogP contribution in [-0.4, -0.2) is 75.2 Å². The van der Waals surface area contributed by atoms with E-state index in [1.54, 1.807) is 14.2 Å². The average Bonchev–Trinajstić information content (AvgIpc) is 3.31. The topological polar surface area (TPSA) is 54.0 Å². The first-order chi connectivity index (χ1) is 14.6. The van der Waals surface area contributed by atoms with E-state index < -0.39 is 0 Å². The number of rotatable bonds is 10. The largest absolute Gasteiger partial charge is 0.493 e. The first-order valence-corrected chi connectivity index (χ1v) is 11.5. The lowest BCUT2D eigenvalue weighted by Crippen LogP contribution is -2.54. The van der Waals surface area contributed by atoms with Gasteiger partial charge in [-0.3, -0.25) is 9.69 Å². The summed E-state index contributed by atoms with van der Waals surface area (Å²) in [5.41, 5.74) is 1.11. The number of thiophene rings is 1. The standard InChI is InChI=1S/C23H33N3O3S/c1-18(26-14-12-25(13-15-26)11-9-20-5-4-16-30-20)23(27)24-10-8-19-6-7-21(28-2)22(17-19)29-3/h4-7,16-18H,8-15H2,1-3H3,(H,24,27). The van der Waals surface area contributed by atoms with Crippen molar-refractivity contribution in [2.24, 2.45) is 0 Å². The highest BCUT2D eigenvalue weighted by molar-refractivity contribution is 7.09. The predicted octanol–water partition coefficient (Wildman–Crippen LogP) is 2.67. The third-order valence-electron chi connectivity index (χ3n) is 5.75. The van der Waals surface area contributed by atoms with E-state index in [0.717, 1.165) is 51.1 Å². The van der Waals surface area contributed by atoms with Gasteiger partial charge in [0.25, 0.3) is 0 Å². The van der Waals surface area contributed by atoms with Crippen molar-refractivity contribution in [2.45, 2.75) is 25.8 Å². The Bertz CT molecular complexity index is 789. The van der Waals surface area contributed by atoms with E-state index in [1.807, 2.05) is 36.5 Å². The Morgan fingerprint density at radius 1 is 1.10 bits per heavy atom. The highest BCUT2D eigenvalue weighted by atomic mass is 32.1. The second-order valence-corrected chi connectivity index (χ2v) is 8.65. The van der Waals surface area contributed by atoms with Gasteiger partial charge in [0.1, 0.15) is 0 Å². The molecule has 0 aliphatic carbocycles. The van der Waals surface area contributed by atoms with Crippen molar-refractivity contribution < 1.29 is 14.3 Å². The van der Waals surface area contributed by atoms with Crippen molar-refractivity contribution in [1.29, 1.82) is 0 Å². The molecule has 6 nitrogen and oxygen atoms in total. The van der Waals surface area contributed by atoms with Crippen molar-refractivity contribution in [2.75, 3.05) is 53.5 Å². The predicted molar refractivity (Wildman–Crippen MR) is 122 cm³/mol. The minimum Gasteiger partial charge on any atom is -0.493 e. The number of methoxy groups -OCH3 is 2. The maximum absolute atomic E-state index is 12.6. The van der Waals surface area contributed by atoms with Gasteiger partial charge in [-0.15, -0.1) is 11.3 Å².